The molecule has 0 spiro atoms. The fourth-order valence-electron chi connectivity index (χ4n) is 3.71. The van der Waals surface area contributed by atoms with Crippen LogP contribution in [0.4, 0.5) is 0 Å². The third-order valence-corrected chi connectivity index (χ3v) is 5.53. The SMILES string of the molecule is CCOc1ccc(-c2nc(COc3ccccc3-c3nnc(-c4ccccc4)o3)c(C)o2)cc1OC. The number of hydrogen-bond acceptors (Lipinski definition) is 8. The Bertz CT molecular complexity index is 1460. The summed E-state index contributed by atoms with van der Waals surface area (Å²) in [6.45, 7) is 4.54. The molecule has 0 amide bonds. The number of nitrogens with zero attached hydrogens (tertiary/aromatic N) is 3. The number of hydrogen-bond donors (Lipinski definition) is 0. The number of aromatic nitrogens is 3. The van der Waals surface area contributed by atoms with Gasteiger partial charge in [0.2, 0.25) is 11.8 Å². The van der Waals surface area contributed by atoms with E-state index in [1.54, 1.807) is 7.11 Å². The molecule has 0 saturated heterocycles. The van der Waals surface area contributed by atoms with Crippen LogP contribution in [0.1, 0.15) is 18.4 Å². The lowest BCUT2D eigenvalue weighted by Gasteiger charge is -2.09. The first-order chi connectivity index (χ1) is 17.7. The molecule has 0 aliphatic carbocycles. The van der Waals surface area contributed by atoms with Crippen LogP contribution in [0.2, 0.25) is 0 Å². The second-order valence-electron chi connectivity index (χ2n) is 7.88. The van der Waals surface area contributed by atoms with Crippen LogP contribution in [0.15, 0.2) is 81.6 Å². The second kappa shape index (κ2) is 10.4. The molecule has 3 aromatic carbocycles. The Balaban J connectivity index is 1.35. The molecule has 0 radical (unpaired) electrons. The molecule has 5 aromatic rings. The van der Waals surface area contributed by atoms with Gasteiger partial charge in [-0.3, -0.25) is 0 Å². The lowest BCUT2D eigenvalue weighted by molar-refractivity contribution is 0.300. The van der Waals surface area contributed by atoms with Gasteiger partial charge in [0, 0.05) is 11.1 Å². The van der Waals surface area contributed by atoms with Crippen molar-refractivity contribution >= 4 is 0 Å². The fourth-order valence-corrected chi connectivity index (χ4v) is 3.71. The number of para-hydroxylation sites is 1. The average molecular weight is 484 g/mol. The predicted octanol–water partition coefficient (Wildman–Crippen LogP) is 6.35. The summed E-state index contributed by atoms with van der Waals surface area (Å²) in [5.74, 6) is 3.86. The first-order valence-corrected chi connectivity index (χ1v) is 11.5. The van der Waals surface area contributed by atoms with Crippen LogP contribution in [0.25, 0.3) is 34.4 Å². The van der Waals surface area contributed by atoms with E-state index in [9.17, 15) is 0 Å². The number of ether oxygens (including phenoxy) is 3. The zero-order chi connectivity index (χ0) is 24.9. The van der Waals surface area contributed by atoms with E-state index < -0.39 is 0 Å². The van der Waals surface area contributed by atoms with Crippen molar-refractivity contribution in [3.8, 4) is 51.6 Å². The maximum atomic E-state index is 6.12. The van der Waals surface area contributed by atoms with Gasteiger partial charge in [0.25, 0.3) is 5.89 Å². The summed E-state index contributed by atoms with van der Waals surface area (Å²) in [6.07, 6.45) is 0. The topological polar surface area (TPSA) is 92.6 Å². The van der Waals surface area contributed by atoms with Crippen LogP contribution >= 0.6 is 0 Å². The molecule has 8 nitrogen and oxygen atoms in total. The van der Waals surface area contributed by atoms with Gasteiger partial charge < -0.3 is 23.0 Å². The Morgan fingerprint density at radius 1 is 0.722 bits per heavy atom. The minimum absolute atomic E-state index is 0.209. The highest BCUT2D eigenvalue weighted by atomic mass is 16.5. The number of aryl methyl sites for hydroxylation is 1. The quantitative estimate of drug-likeness (QED) is 0.239. The predicted molar refractivity (Wildman–Crippen MR) is 134 cm³/mol. The molecule has 2 heterocycles. The summed E-state index contributed by atoms with van der Waals surface area (Å²) in [5, 5.41) is 8.41. The van der Waals surface area contributed by atoms with Crippen LogP contribution in [-0.2, 0) is 6.61 Å². The summed E-state index contributed by atoms with van der Waals surface area (Å²) in [5.41, 5.74) is 3.02. The van der Waals surface area contributed by atoms with Gasteiger partial charge in [-0.05, 0) is 56.3 Å². The van der Waals surface area contributed by atoms with Gasteiger partial charge in [0.15, 0.2) is 11.5 Å². The maximum absolute atomic E-state index is 6.12. The van der Waals surface area contributed by atoms with Crippen molar-refractivity contribution in [2.24, 2.45) is 0 Å². The molecule has 0 aliphatic rings. The molecular formula is C28H25N3O5. The molecule has 36 heavy (non-hydrogen) atoms. The monoisotopic (exact) mass is 483 g/mol. The van der Waals surface area contributed by atoms with Gasteiger partial charge in [0.05, 0.1) is 19.3 Å². The van der Waals surface area contributed by atoms with Gasteiger partial charge in [-0.1, -0.05) is 30.3 Å². The molecule has 0 aliphatic heterocycles. The van der Waals surface area contributed by atoms with E-state index in [2.05, 4.69) is 15.2 Å². The summed E-state index contributed by atoms with van der Waals surface area (Å²) in [4.78, 5) is 4.65. The molecule has 0 atom stereocenters. The Morgan fingerprint density at radius 2 is 1.50 bits per heavy atom. The van der Waals surface area contributed by atoms with E-state index in [4.69, 9.17) is 23.0 Å². The zero-order valence-corrected chi connectivity index (χ0v) is 20.2. The van der Waals surface area contributed by atoms with E-state index in [1.807, 2.05) is 86.6 Å². The van der Waals surface area contributed by atoms with E-state index >= 15 is 0 Å². The summed E-state index contributed by atoms with van der Waals surface area (Å²) in [6, 6.07) is 22.7. The third kappa shape index (κ3) is 4.79. The lowest BCUT2D eigenvalue weighted by atomic mass is 10.2. The van der Waals surface area contributed by atoms with Crippen LogP contribution in [-0.4, -0.2) is 28.9 Å². The van der Waals surface area contributed by atoms with Crippen molar-refractivity contribution in [3.63, 3.8) is 0 Å². The van der Waals surface area contributed by atoms with Crippen molar-refractivity contribution in [2.45, 2.75) is 20.5 Å². The van der Waals surface area contributed by atoms with Gasteiger partial charge in [-0.15, -0.1) is 10.2 Å². The van der Waals surface area contributed by atoms with Crippen molar-refractivity contribution in [2.75, 3.05) is 13.7 Å². The molecular weight excluding hydrogens is 458 g/mol. The standard InChI is InChI=1S/C28H25N3O5/c1-4-33-24-15-14-20(16-25(24)32-3)26-29-22(18(2)35-26)17-34-23-13-9-8-12-21(23)28-31-30-27(36-28)19-10-6-5-7-11-19/h5-16H,4,17H2,1-3H3. The van der Waals surface area contributed by atoms with Crippen LogP contribution < -0.4 is 14.2 Å². The highest BCUT2D eigenvalue weighted by molar-refractivity contribution is 5.64. The molecule has 0 fully saturated rings. The molecule has 0 N–H and O–H groups in total. The number of benzene rings is 3. The molecule has 2 aromatic heterocycles. The first kappa shape index (κ1) is 23.2. The fraction of sp³-hybridized carbons (Fsp3) is 0.179. The van der Waals surface area contributed by atoms with Crippen LogP contribution in [0, 0.1) is 6.92 Å². The van der Waals surface area contributed by atoms with Gasteiger partial charge in [-0.2, -0.15) is 0 Å². The van der Waals surface area contributed by atoms with Crippen LogP contribution in [0.5, 0.6) is 17.2 Å². The molecule has 182 valence electrons. The average Bonchev–Trinajstić information content (AvgIpc) is 3.56. The molecule has 0 saturated carbocycles. The highest BCUT2D eigenvalue weighted by Crippen LogP contribution is 2.34. The van der Waals surface area contributed by atoms with E-state index in [0.717, 1.165) is 11.1 Å². The summed E-state index contributed by atoms with van der Waals surface area (Å²) in [7, 11) is 1.60. The lowest BCUT2D eigenvalue weighted by Crippen LogP contribution is -1.99. The van der Waals surface area contributed by atoms with E-state index in [-0.39, 0.29) is 6.61 Å². The van der Waals surface area contributed by atoms with Crippen LogP contribution in [0.3, 0.4) is 0 Å². The molecule has 0 bridgehead atoms. The summed E-state index contributed by atoms with van der Waals surface area (Å²) >= 11 is 0. The van der Waals surface area contributed by atoms with Gasteiger partial charge >= 0.3 is 0 Å². The molecule has 5 rings (SSSR count). The van der Waals surface area contributed by atoms with E-state index in [0.29, 0.717) is 58.5 Å². The Hall–Kier alpha value is -4.59. The molecule has 8 heteroatoms. The highest BCUT2D eigenvalue weighted by Gasteiger charge is 2.18. The number of oxazole rings is 1. The van der Waals surface area contributed by atoms with Crippen molar-refractivity contribution < 1.29 is 23.0 Å². The number of rotatable bonds is 9. The molecule has 0 unspecified atom stereocenters. The summed E-state index contributed by atoms with van der Waals surface area (Å²) < 4.78 is 29.0. The Morgan fingerprint density at radius 3 is 2.31 bits per heavy atom. The minimum Gasteiger partial charge on any atom is -0.493 e. The van der Waals surface area contributed by atoms with E-state index in [1.165, 1.54) is 0 Å². The van der Waals surface area contributed by atoms with Crippen molar-refractivity contribution in [1.29, 1.82) is 0 Å². The van der Waals surface area contributed by atoms with Crippen molar-refractivity contribution in [1.82, 2.24) is 15.2 Å². The minimum atomic E-state index is 0.209. The van der Waals surface area contributed by atoms with Gasteiger partial charge in [-0.25, -0.2) is 4.98 Å². The normalized spacial score (nSPS) is 10.9. The third-order valence-electron chi connectivity index (χ3n) is 5.53. The Kier molecular flexibility index (Phi) is 6.66. The largest absolute Gasteiger partial charge is 0.493 e. The smallest absolute Gasteiger partial charge is 0.251 e. The first-order valence-electron chi connectivity index (χ1n) is 11.5. The second-order valence-corrected chi connectivity index (χ2v) is 7.88. The Labute approximate surface area is 208 Å². The number of methoxy groups -OCH3 is 1. The van der Waals surface area contributed by atoms with Crippen molar-refractivity contribution in [3.05, 3.63) is 84.3 Å². The zero-order valence-electron chi connectivity index (χ0n) is 20.2. The maximum Gasteiger partial charge on any atom is 0.251 e. The van der Waals surface area contributed by atoms with Gasteiger partial charge in [0.1, 0.15) is 23.8 Å².